The molecule has 1 N–H and O–H groups in total. The number of rotatable bonds is 4. The molecule has 1 aromatic rings. The van der Waals surface area contributed by atoms with Crippen molar-refractivity contribution in [1.82, 2.24) is 4.90 Å². The first-order valence-corrected chi connectivity index (χ1v) is 8.36. The summed E-state index contributed by atoms with van der Waals surface area (Å²) in [6.45, 7) is 0. The number of aliphatic carboxylic acids is 1. The van der Waals surface area contributed by atoms with Gasteiger partial charge < -0.3 is 5.11 Å². The number of carbonyl (C=O) groups is 2. The number of β-lactam (4-membered cyclic amide) rings is 1. The number of amides is 1. The predicted octanol–water partition coefficient (Wildman–Crippen LogP) is 2.47. The van der Waals surface area contributed by atoms with Crippen molar-refractivity contribution < 1.29 is 19.6 Å². The lowest BCUT2D eigenvalue weighted by molar-refractivity contribution is -0.384. The molecule has 24 heavy (non-hydrogen) atoms. The fraction of sp³-hybridized carbons (Fsp3) is 0.200. The summed E-state index contributed by atoms with van der Waals surface area (Å²) in [5, 5.41) is 19.0. The monoisotopic (exact) mass is 366 g/mol. The minimum atomic E-state index is -1.18. The summed E-state index contributed by atoms with van der Waals surface area (Å²) in [7, 11) is 0. The van der Waals surface area contributed by atoms with Crippen molar-refractivity contribution >= 4 is 47.0 Å². The van der Waals surface area contributed by atoms with E-state index in [1.54, 1.807) is 24.3 Å². The largest absolute Gasteiger partial charge is 0.477 e. The van der Waals surface area contributed by atoms with Crippen LogP contribution in [0.5, 0.6) is 0 Å². The molecule has 2 heterocycles. The Bertz CT molecular complexity index is 790. The first-order valence-electron chi connectivity index (χ1n) is 6.88. The van der Waals surface area contributed by atoms with Gasteiger partial charge in [0.05, 0.1) is 4.92 Å². The molecule has 0 aromatic heterocycles. The molecule has 0 radical (unpaired) electrons. The number of nitro groups is 1. The van der Waals surface area contributed by atoms with Crippen molar-refractivity contribution in [2.45, 2.75) is 10.8 Å². The van der Waals surface area contributed by atoms with E-state index >= 15 is 0 Å². The third-order valence-corrected chi connectivity index (χ3v) is 5.59. The Balaban J connectivity index is 1.88. The average molecular weight is 367 g/mol. The van der Waals surface area contributed by atoms with Crippen LogP contribution in [-0.4, -0.2) is 43.3 Å². The van der Waals surface area contributed by atoms with Crippen molar-refractivity contribution in [1.29, 1.82) is 0 Å². The number of carboxylic acid groups (broad SMARTS) is 1. The second-order valence-corrected chi connectivity index (χ2v) is 6.75. The van der Waals surface area contributed by atoms with Crippen molar-refractivity contribution in [3.05, 3.63) is 57.3 Å². The molecule has 124 valence electrons. The van der Waals surface area contributed by atoms with Crippen LogP contribution in [0.1, 0.15) is 5.56 Å². The number of benzene rings is 1. The number of fused-ring (bicyclic) bond motifs is 1. The molecule has 0 aliphatic carbocycles. The number of allylic oxidation sites excluding steroid dienone is 1. The molecule has 1 aromatic carbocycles. The van der Waals surface area contributed by atoms with Crippen molar-refractivity contribution in [3.8, 4) is 0 Å². The Morgan fingerprint density at radius 1 is 1.38 bits per heavy atom. The molecule has 1 amide bonds. The molecule has 2 aliphatic heterocycles. The highest BCUT2D eigenvalue weighted by Crippen LogP contribution is 2.42. The minimum absolute atomic E-state index is 0.0204. The fourth-order valence-electron chi connectivity index (χ4n) is 2.50. The second-order valence-electron chi connectivity index (χ2n) is 5.17. The summed E-state index contributed by atoms with van der Waals surface area (Å²) in [4.78, 5) is 34.7. The third kappa shape index (κ3) is 2.78. The van der Waals surface area contributed by atoms with E-state index in [4.69, 9.17) is 11.6 Å². The number of carboxylic acids is 1. The van der Waals surface area contributed by atoms with Crippen LogP contribution in [0.25, 0.3) is 6.08 Å². The summed E-state index contributed by atoms with van der Waals surface area (Å²) in [5.41, 5.74) is 1.11. The average Bonchev–Trinajstić information content (AvgIpc) is 2.58. The van der Waals surface area contributed by atoms with E-state index in [0.717, 1.165) is 0 Å². The topological polar surface area (TPSA) is 101 Å². The molecule has 7 nitrogen and oxygen atoms in total. The lowest BCUT2D eigenvalue weighted by Gasteiger charge is -2.46. The molecule has 2 aliphatic rings. The zero-order chi connectivity index (χ0) is 17.4. The predicted molar refractivity (Wildman–Crippen MR) is 89.5 cm³/mol. The number of nitrogens with zero attached hydrogens (tertiary/aromatic N) is 2. The van der Waals surface area contributed by atoms with Gasteiger partial charge in [-0.05, 0) is 23.3 Å². The maximum Gasteiger partial charge on any atom is 0.352 e. The van der Waals surface area contributed by atoms with E-state index in [-0.39, 0.29) is 16.8 Å². The molecule has 1 saturated heterocycles. The van der Waals surface area contributed by atoms with E-state index in [0.29, 0.717) is 16.9 Å². The number of halogens is 1. The Hall–Kier alpha value is -2.32. The van der Waals surface area contributed by atoms with Crippen LogP contribution in [-0.2, 0) is 9.59 Å². The summed E-state index contributed by atoms with van der Waals surface area (Å²) in [6, 6.07) is 5.87. The molecule has 9 heteroatoms. The standard InChI is InChI=1S/C15H11ClN2O5S/c16-11-13(19)17-12(15(20)21)9(7-24-14(11)17)4-1-8-2-5-10(6-3-8)18(22)23/h1-6,11,14H,7H2,(H,20,21)/b4-1-/t11-,14+/m0/s1. The van der Waals surface area contributed by atoms with Crippen LogP contribution in [0.15, 0.2) is 41.6 Å². The van der Waals surface area contributed by atoms with E-state index < -0.39 is 22.2 Å². The Kier molecular flexibility index (Phi) is 4.33. The first-order chi connectivity index (χ1) is 11.4. The highest BCUT2D eigenvalue weighted by Gasteiger charge is 2.52. The van der Waals surface area contributed by atoms with Gasteiger partial charge in [-0.25, -0.2) is 4.79 Å². The number of non-ortho nitro benzene ring substituents is 1. The Morgan fingerprint density at radius 2 is 2.04 bits per heavy atom. The maximum atomic E-state index is 11.8. The summed E-state index contributed by atoms with van der Waals surface area (Å²) < 4.78 is 0. The molecule has 1 fully saturated rings. The molecule has 0 spiro atoms. The van der Waals surface area contributed by atoms with Gasteiger partial charge in [0.2, 0.25) is 5.91 Å². The van der Waals surface area contributed by atoms with E-state index in [2.05, 4.69) is 0 Å². The summed E-state index contributed by atoms with van der Waals surface area (Å²) in [5.74, 6) is -1.17. The Morgan fingerprint density at radius 3 is 2.62 bits per heavy atom. The first kappa shape index (κ1) is 16.5. The van der Waals surface area contributed by atoms with Crippen LogP contribution in [0, 0.1) is 10.1 Å². The van der Waals surface area contributed by atoms with Crippen LogP contribution in [0.4, 0.5) is 5.69 Å². The normalized spacial score (nSPS) is 23.2. The lowest BCUT2D eigenvalue weighted by Crippen LogP contribution is -2.62. The fourth-order valence-corrected chi connectivity index (χ4v) is 4.16. The van der Waals surface area contributed by atoms with Gasteiger partial charge in [-0.3, -0.25) is 19.8 Å². The van der Waals surface area contributed by atoms with Gasteiger partial charge in [0.25, 0.3) is 5.69 Å². The van der Waals surface area contributed by atoms with Gasteiger partial charge in [0.15, 0.2) is 0 Å². The molecule has 3 rings (SSSR count). The van der Waals surface area contributed by atoms with Crippen molar-refractivity contribution in [2.24, 2.45) is 0 Å². The van der Waals surface area contributed by atoms with E-state index in [1.807, 2.05) is 0 Å². The van der Waals surface area contributed by atoms with Gasteiger partial charge in [-0.1, -0.05) is 12.2 Å². The van der Waals surface area contributed by atoms with Crippen LogP contribution in [0.2, 0.25) is 0 Å². The van der Waals surface area contributed by atoms with Crippen LogP contribution < -0.4 is 0 Å². The summed E-state index contributed by atoms with van der Waals surface area (Å²) in [6.07, 6.45) is 3.27. The smallest absolute Gasteiger partial charge is 0.352 e. The quantitative estimate of drug-likeness (QED) is 0.380. The van der Waals surface area contributed by atoms with Crippen molar-refractivity contribution in [2.75, 3.05) is 5.75 Å². The number of hydrogen-bond donors (Lipinski definition) is 1. The Labute approximate surface area is 145 Å². The van der Waals surface area contributed by atoms with Crippen LogP contribution >= 0.6 is 23.4 Å². The molecular formula is C15H11ClN2O5S. The van der Waals surface area contributed by atoms with Gasteiger partial charge >= 0.3 is 5.97 Å². The molecule has 0 unspecified atom stereocenters. The number of hydrogen-bond acceptors (Lipinski definition) is 5. The number of nitro benzene ring substituents is 1. The maximum absolute atomic E-state index is 11.8. The molecular weight excluding hydrogens is 356 g/mol. The van der Waals surface area contributed by atoms with Gasteiger partial charge in [-0.2, -0.15) is 0 Å². The number of carbonyl (C=O) groups excluding carboxylic acids is 1. The SMILES string of the molecule is O=C(O)C1=C(/C=C\c2ccc([N+](=O)[O-])cc2)CS[C@@H]2[C@@H](Cl)C(=O)N12. The number of thioether (sulfide) groups is 1. The minimum Gasteiger partial charge on any atom is -0.477 e. The third-order valence-electron chi connectivity index (χ3n) is 3.72. The zero-order valence-corrected chi connectivity index (χ0v) is 13.7. The molecule has 2 atom stereocenters. The summed E-state index contributed by atoms with van der Waals surface area (Å²) >= 11 is 7.31. The van der Waals surface area contributed by atoms with Gasteiger partial charge in [0.1, 0.15) is 16.4 Å². The molecule has 0 bridgehead atoms. The van der Waals surface area contributed by atoms with E-state index in [9.17, 15) is 24.8 Å². The zero-order valence-electron chi connectivity index (χ0n) is 12.1. The number of alkyl halides is 1. The highest BCUT2D eigenvalue weighted by molar-refractivity contribution is 8.00. The molecule has 0 saturated carbocycles. The highest BCUT2D eigenvalue weighted by atomic mass is 35.5. The van der Waals surface area contributed by atoms with Crippen molar-refractivity contribution in [3.63, 3.8) is 0 Å². The van der Waals surface area contributed by atoms with Crippen LogP contribution in [0.3, 0.4) is 0 Å². The second kappa shape index (κ2) is 6.29. The lowest BCUT2D eigenvalue weighted by atomic mass is 10.1. The van der Waals surface area contributed by atoms with E-state index in [1.165, 1.54) is 28.8 Å². The van der Waals surface area contributed by atoms with Gasteiger partial charge in [-0.15, -0.1) is 23.4 Å². The van der Waals surface area contributed by atoms with Gasteiger partial charge in [0, 0.05) is 17.9 Å².